The van der Waals surface area contributed by atoms with Crippen LogP contribution < -0.4 is 5.32 Å². The highest BCUT2D eigenvalue weighted by molar-refractivity contribution is 5.92. The van der Waals surface area contributed by atoms with Crippen molar-refractivity contribution in [2.45, 2.75) is 59.1 Å². The second-order valence-electron chi connectivity index (χ2n) is 9.18. The highest BCUT2D eigenvalue weighted by atomic mass is 16.6. The van der Waals surface area contributed by atoms with E-state index in [2.05, 4.69) is 36.2 Å². The summed E-state index contributed by atoms with van der Waals surface area (Å²) in [5.74, 6) is 1.12. The zero-order valence-electron chi connectivity index (χ0n) is 18.8. The van der Waals surface area contributed by atoms with Gasteiger partial charge in [0.1, 0.15) is 18.5 Å². The number of nitrogens with zero attached hydrogens (tertiary/aromatic N) is 4. The quantitative estimate of drug-likeness (QED) is 0.415. The summed E-state index contributed by atoms with van der Waals surface area (Å²) in [7, 11) is 0. The van der Waals surface area contributed by atoms with Crippen LogP contribution in [0.5, 0.6) is 0 Å². The normalized spacial score (nSPS) is 25.3. The second kappa shape index (κ2) is 8.72. The Morgan fingerprint density at radius 2 is 2.06 bits per heavy atom. The van der Waals surface area contributed by atoms with Crippen LogP contribution in [0.3, 0.4) is 0 Å². The number of carbonyl (C=O) groups excluding carboxylic acids is 1. The molecule has 1 aromatic heterocycles. The van der Waals surface area contributed by atoms with Gasteiger partial charge in [0.15, 0.2) is 0 Å². The summed E-state index contributed by atoms with van der Waals surface area (Å²) >= 11 is 0. The van der Waals surface area contributed by atoms with E-state index in [0.717, 1.165) is 19.3 Å². The van der Waals surface area contributed by atoms with E-state index in [4.69, 9.17) is 4.74 Å². The van der Waals surface area contributed by atoms with E-state index in [1.807, 2.05) is 0 Å². The number of ether oxygens (including phenoxy) is 1. The Labute approximate surface area is 187 Å². The van der Waals surface area contributed by atoms with Crippen LogP contribution in [-0.2, 0) is 9.53 Å². The number of para-hydroxylation sites is 1. The van der Waals surface area contributed by atoms with E-state index >= 15 is 0 Å². The molecule has 9 nitrogen and oxygen atoms in total. The van der Waals surface area contributed by atoms with Crippen molar-refractivity contribution in [3.8, 4) is 0 Å². The summed E-state index contributed by atoms with van der Waals surface area (Å²) in [6, 6.07) is 5.61. The Morgan fingerprint density at radius 1 is 1.31 bits per heavy atom. The predicted molar refractivity (Wildman–Crippen MR) is 119 cm³/mol. The van der Waals surface area contributed by atoms with Crippen LogP contribution in [-0.4, -0.2) is 31.8 Å². The molecule has 0 bridgehead atoms. The molecule has 0 saturated heterocycles. The molecule has 1 aliphatic carbocycles. The largest absolute Gasteiger partial charge is 0.459 e. The smallest absolute Gasteiger partial charge is 0.338 e. The average Bonchev–Trinajstić information content (AvgIpc) is 3.20. The van der Waals surface area contributed by atoms with Crippen LogP contribution in [0.25, 0.3) is 0 Å². The number of anilines is 1. The van der Waals surface area contributed by atoms with Crippen LogP contribution in [0.15, 0.2) is 41.9 Å². The van der Waals surface area contributed by atoms with Gasteiger partial charge >= 0.3 is 5.97 Å². The molecular weight excluding hydrogens is 410 g/mol. The van der Waals surface area contributed by atoms with Crippen molar-refractivity contribution in [2.24, 2.45) is 17.8 Å². The van der Waals surface area contributed by atoms with Gasteiger partial charge in [-0.3, -0.25) is 10.1 Å². The minimum Gasteiger partial charge on any atom is -0.459 e. The molecule has 1 aliphatic heterocycles. The molecule has 9 heteroatoms. The second-order valence-corrected chi connectivity index (χ2v) is 9.18. The number of nitro benzene ring substituents is 1. The zero-order chi connectivity index (χ0) is 23.0. The van der Waals surface area contributed by atoms with Crippen molar-refractivity contribution in [1.82, 2.24) is 14.8 Å². The molecular formula is C23H29N5O4. The number of esters is 1. The molecule has 4 rings (SSSR count). The third-order valence-electron chi connectivity index (χ3n) is 6.66. The van der Waals surface area contributed by atoms with Crippen molar-refractivity contribution in [3.63, 3.8) is 0 Å². The maximum Gasteiger partial charge on any atom is 0.338 e. The topological polar surface area (TPSA) is 112 Å². The fraction of sp³-hybridized carbons (Fsp3) is 0.522. The van der Waals surface area contributed by atoms with E-state index in [-0.39, 0.29) is 11.8 Å². The fourth-order valence-electron chi connectivity index (χ4n) is 4.98. The molecule has 2 heterocycles. The van der Waals surface area contributed by atoms with Crippen LogP contribution >= 0.6 is 0 Å². The maximum atomic E-state index is 13.6. The standard InChI is InChI=1S/C23H29N5O4/c1-13(2)16-10-9-14(3)11-19(16)32-22(29)20-15(4)26-23-24-12-25-27(23)21(20)17-7-5-6-8-18(17)28(30)31/h5-8,12-14,16,19,21H,9-11H2,1-4H3,(H,24,25,26)/t14-,16+,19-,21-/m1/s1. The number of benzene rings is 1. The van der Waals surface area contributed by atoms with Gasteiger partial charge < -0.3 is 10.1 Å². The molecule has 0 radical (unpaired) electrons. The lowest BCUT2D eigenvalue weighted by Gasteiger charge is -2.37. The van der Waals surface area contributed by atoms with Crippen molar-refractivity contribution in [2.75, 3.05) is 5.32 Å². The summed E-state index contributed by atoms with van der Waals surface area (Å²) in [6.45, 7) is 8.26. The predicted octanol–water partition coefficient (Wildman–Crippen LogP) is 4.48. The first kappa shape index (κ1) is 22.0. The van der Waals surface area contributed by atoms with Crippen molar-refractivity contribution >= 4 is 17.6 Å². The number of allylic oxidation sites excluding steroid dienone is 1. The summed E-state index contributed by atoms with van der Waals surface area (Å²) in [5, 5.41) is 19.1. The number of carbonyl (C=O) groups is 1. The van der Waals surface area contributed by atoms with Crippen LogP contribution in [0.4, 0.5) is 11.6 Å². The highest BCUT2D eigenvalue weighted by Crippen LogP contribution is 2.41. The van der Waals surface area contributed by atoms with Crippen molar-refractivity contribution in [1.29, 1.82) is 0 Å². The Morgan fingerprint density at radius 3 is 2.78 bits per heavy atom. The number of rotatable bonds is 5. The minimum absolute atomic E-state index is 0.0784. The number of hydrogen-bond acceptors (Lipinski definition) is 7. The molecule has 0 amide bonds. The first-order valence-electron chi connectivity index (χ1n) is 11.1. The van der Waals surface area contributed by atoms with Gasteiger partial charge in [-0.05, 0) is 43.6 Å². The van der Waals surface area contributed by atoms with E-state index in [1.165, 1.54) is 17.1 Å². The van der Waals surface area contributed by atoms with Gasteiger partial charge in [0, 0.05) is 11.8 Å². The summed E-state index contributed by atoms with van der Waals surface area (Å²) in [4.78, 5) is 29.1. The first-order valence-corrected chi connectivity index (χ1v) is 11.1. The zero-order valence-corrected chi connectivity index (χ0v) is 18.8. The number of hydrogen-bond donors (Lipinski definition) is 1. The molecule has 1 fully saturated rings. The Hall–Kier alpha value is -3.23. The van der Waals surface area contributed by atoms with Gasteiger partial charge in [-0.15, -0.1) is 0 Å². The molecule has 4 atom stereocenters. The SMILES string of the molecule is CC1=C(C(=O)O[C@@H]2C[C@H](C)CC[C@H]2C(C)C)[C@@H](c2ccccc2[N+](=O)[O-])n2ncnc2N1. The molecule has 170 valence electrons. The molecule has 1 N–H and O–H groups in total. The molecule has 1 aromatic carbocycles. The summed E-state index contributed by atoms with van der Waals surface area (Å²) in [5.41, 5.74) is 1.17. The Balaban J connectivity index is 1.74. The fourth-order valence-corrected chi connectivity index (χ4v) is 4.98. The summed E-state index contributed by atoms with van der Waals surface area (Å²) < 4.78 is 7.63. The van der Waals surface area contributed by atoms with Gasteiger partial charge in [-0.1, -0.05) is 39.3 Å². The Kier molecular flexibility index (Phi) is 5.99. The van der Waals surface area contributed by atoms with Gasteiger partial charge in [-0.2, -0.15) is 10.1 Å². The third-order valence-corrected chi connectivity index (χ3v) is 6.66. The van der Waals surface area contributed by atoms with Crippen LogP contribution in [0.2, 0.25) is 0 Å². The first-order chi connectivity index (χ1) is 15.3. The number of fused-ring (bicyclic) bond motifs is 1. The van der Waals surface area contributed by atoms with E-state index in [0.29, 0.717) is 40.5 Å². The molecule has 2 aliphatic rings. The van der Waals surface area contributed by atoms with E-state index in [1.54, 1.807) is 25.1 Å². The minimum atomic E-state index is -0.804. The van der Waals surface area contributed by atoms with Gasteiger partial charge in [-0.25, -0.2) is 9.48 Å². The lowest BCUT2D eigenvalue weighted by atomic mass is 9.75. The number of aromatic nitrogens is 3. The van der Waals surface area contributed by atoms with Gasteiger partial charge in [0.2, 0.25) is 5.95 Å². The monoisotopic (exact) mass is 439 g/mol. The van der Waals surface area contributed by atoms with Crippen molar-refractivity contribution in [3.05, 3.63) is 57.5 Å². The third kappa shape index (κ3) is 3.99. The number of nitrogens with one attached hydrogen (secondary N) is 1. The van der Waals surface area contributed by atoms with E-state index < -0.39 is 16.9 Å². The van der Waals surface area contributed by atoms with Gasteiger partial charge in [0.05, 0.1) is 16.1 Å². The van der Waals surface area contributed by atoms with E-state index in [9.17, 15) is 14.9 Å². The molecule has 0 spiro atoms. The number of nitro groups is 1. The molecule has 32 heavy (non-hydrogen) atoms. The molecule has 0 unspecified atom stereocenters. The van der Waals surface area contributed by atoms with Crippen molar-refractivity contribution < 1.29 is 14.5 Å². The van der Waals surface area contributed by atoms with Crippen LogP contribution in [0, 0.1) is 27.9 Å². The maximum absolute atomic E-state index is 13.6. The lowest BCUT2D eigenvalue weighted by molar-refractivity contribution is -0.385. The lowest BCUT2D eigenvalue weighted by Crippen LogP contribution is -2.38. The Bertz CT molecular complexity index is 1060. The summed E-state index contributed by atoms with van der Waals surface area (Å²) in [6.07, 6.45) is 4.15. The molecule has 2 aromatic rings. The van der Waals surface area contributed by atoms with Gasteiger partial charge in [0.25, 0.3) is 5.69 Å². The molecule has 1 saturated carbocycles. The highest BCUT2D eigenvalue weighted by Gasteiger charge is 2.40. The average molecular weight is 440 g/mol. The van der Waals surface area contributed by atoms with Crippen LogP contribution in [0.1, 0.15) is 58.6 Å².